The molecule has 4 nitrogen and oxygen atoms in total. The number of carbonyl (C=O) groups is 1. The number of aliphatic carboxylic acids is 1. The fraction of sp³-hybridized carbons (Fsp3) is 0.364. The molecule has 0 saturated heterocycles. The van der Waals surface area contributed by atoms with Gasteiger partial charge < -0.3 is 15.9 Å². The first kappa shape index (κ1) is 11.5. The van der Waals surface area contributed by atoms with Crippen LogP contribution in [0.1, 0.15) is 30.5 Å². The number of carboxylic acids is 1. The minimum Gasteiger partial charge on any atom is -0.508 e. The zero-order chi connectivity index (χ0) is 11.4. The third-order valence-corrected chi connectivity index (χ3v) is 2.23. The second kappa shape index (κ2) is 4.79. The minimum atomic E-state index is -0.941. The number of hydrogen-bond acceptors (Lipinski definition) is 3. The fourth-order valence-corrected chi connectivity index (χ4v) is 1.42. The maximum atomic E-state index is 10.5. The third-order valence-electron chi connectivity index (χ3n) is 2.23. The molecular weight excluding hydrogens is 194 g/mol. The normalized spacial score (nSPS) is 12.4. The number of carboxylic acid groups (broad SMARTS) is 1. The van der Waals surface area contributed by atoms with Crippen molar-refractivity contribution < 1.29 is 15.0 Å². The summed E-state index contributed by atoms with van der Waals surface area (Å²) in [4.78, 5) is 10.5. The Bertz CT molecular complexity index is 363. The highest BCUT2D eigenvalue weighted by Crippen LogP contribution is 2.22. The van der Waals surface area contributed by atoms with Crippen LogP contribution >= 0.6 is 0 Å². The second-order valence-corrected chi connectivity index (χ2v) is 3.49. The number of aromatic hydroxyl groups is 1. The molecule has 0 aromatic heterocycles. The molecule has 0 aliphatic rings. The minimum absolute atomic E-state index is 0.130. The molecular formula is C11H15NO3. The summed E-state index contributed by atoms with van der Waals surface area (Å²) in [5.74, 6) is -0.811. The van der Waals surface area contributed by atoms with Crippen molar-refractivity contribution in [3.8, 4) is 5.75 Å². The summed E-state index contributed by atoms with van der Waals surface area (Å²) in [7, 11) is 0. The molecule has 15 heavy (non-hydrogen) atoms. The van der Waals surface area contributed by atoms with E-state index in [4.69, 9.17) is 10.8 Å². The van der Waals surface area contributed by atoms with Crippen LogP contribution in [-0.4, -0.2) is 16.2 Å². The van der Waals surface area contributed by atoms with Crippen molar-refractivity contribution in [2.24, 2.45) is 5.73 Å². The summed E-state index contributed by atoms with van der Waals surface area (Å²) >= 11 is 0. The predicted octanol–water partition coefficient (Wildman–Crippen LogP) is 1.43. The zero-order valence-electron chi connectivity index (χ0n) is 8.60. The topological polar surface area (TPSA) is 83.5 Å². The molecule has 0 saturated carbocycles. The molecule has 1 atom stereocenters. The van der Waals surface area contributed by atoms with Gasteiger partial charge in [-0.2, -0.15) is 0 Å². The number of benzene rings is 1. The lowest BCUT2D eigenvalue weighted by molar-refractivity contribution is -0.137. The van der Waals surface area contributed by atoms with E-state index in [1.54, 1.807) is 6.07 Å². The quantitative estimate of drug-likeness (QED) is 0.700. The van der Waals surface area contributed by atoms with Crippen molar-refractivity contribution in [2.45, 2.75) is 25.8 Å². The van der Waals surface area contributed by atoms with Crippen molar-refractivity contribution in [1.29, 1.82) is 0 Å². The molecule has 0 fully saturated rings. The van der Waals surface area contributed by atoms with Crippen LogP contribution in [0.4, 0.5) is 0 Å². The summed E-state index contributed by atoms with van der Waals surface area (Å²) in [5, 5.41) is 18.0. The molecule has 1 aromatic carbocycles. The van der Waals surface area contributed by atoms with Gasteiger partial charge in [0.15, 0.2) is 0 Å². The highest BCUT2D eigenvalue weighted by molar-refractivity contribution is 5.68. The van der Waals surface area contributed by atoms with Crippen LogP contribution in [0.15, 0.2) is 18.2 Å². The largest absolute Gasteiger partial charge is 0.508 e. The molecule has 0 bridgehead atoms. The van der Waals surface area contributed by atoms with E-state index in [2.05, 4.69) is 0 Å². The molecule has 1 aromatic rings. The van der Waals surface area contributed by atoms with Gasteiger partial charge in [-0.05, 0) is 29.7 Å². The Kier molecular flexibility index (Phi) is 3.68. The molecule has 0 aliphatic heterocycles. The van der Waals surface area contributed by atoms with Gasteiger partial charge in [0.1, 0.15) is 5.75 Å². The van der Waals surface area contributed by atoms with Crippen molar-refractivity contribution in [3.05, 3.63) is 29.3 Å². The molecule has 0 aliphatic carbocycles. The van der Waals surface area contributed by atoms with Gasteiger partial charge in [0.2, 0.25) is 0 Å². The average molecular weight is 209 g/mol. The van der Waals surface area contributed by atoms with E-state index >= 15 is 0 Å². The smallest absolute Gasteiger partial charge is 0.305 e. The Morgan fingerprint density at radius 2 is 2.13 bits per heavy atom. The maximum Gasteiger partial charge on any atom is 0.305 e. The molecule has 1 rings (SSSR count). The molecule has 82 valence electrons. The van der Waals surface area contributed by atoms with Gasteiger partial charge in [-0.3, -0.25) is 4.79 Å². The summed E-state index contributed by atoms with van der Waals surface area (Å²) in [6, 6.07) is 4.41. The zero-order valence-corrected chi connectivity index (χ0v) is 8.60. The highest BCUT2D eigenvalue weighted by Gasteiger charge is 2.11. The second-order valence-electron chi connectivity index (χ2n) is 3.49. The first-order valence-corrected chi connectivity index (χ1v) is 4.83. The Morgan fingerprint density at radius 1 is 1.47 bits per heavy atom. The first-order chi connectivity index (χ1) is 7.02. The van der Waals surface area contributed by atoms with E-state index in [9.17, 15) is 9.90 Å². The highest BCUT2D eigenvalue weighted by atomic mass is 16.4. The summed E-state index contributed by atoms with van der Waals surface area (Å²) in [5.41, 5.74) is 7.31. The maximum absolute atomic E-state index is 10.5. The standard InChI is InChI=1S/C11H15NO3/c1-2-7-3-8(5-9(13)4-7)10(12)6-11(14)15/h3-5,10,13H,2,6,12H2,1H3,(H,14,15). The van der Waals surface area contributed by atoms with E-state index in [1.807, 2.05) is 13.0 Å². The van der Waals surface area contributed by atoms with Crippen LogP contribution in [-0.2, 0) is 11.2 Å². The van der Waals surface area contributed by atoms with Crippen molar-refractivity contribution in [2.75, 3.05) is 0 Å². The van der Waals surface area contributed by atoms with E-state index in [0.29, 0.717) is 5.56 Å². The first-order valence-electron chi connectivity index (χ1n) is 4.83. The SMILES string of the molecule is CCc1cc(O)cc(C(N)CC(=O)O)c1. The molecule has 0 spiro atoms. The third kappa shape index (κ3) is 3.25. The predicted molar refractivity (Wildman–Crippen MR) is 56.7 cm³/mol. The average Bonchev–Trinajstić information content (AvgIpc) is 2.15. The van der Waals surface area contributed by atoms with E-state index < -0.39 is 12.0 Å². The number of phenolic OH excluding ortho intramolecular Hbond substituents is 1. The summed E-state index contributed by atoms with van der Waals surface area (Å²) < 4.78 is 0. The summed E-state index contributed by atoms with van der Waals surface area (Å²) in [6.07, 6.45) is 0.647. The molecule has 0 amide bonds. The fourth-order valence-electron chi connectivity index (χ4n) is 1.42. The number of hydrogen-bond donors (Lipinski definition) is 3. The van der Waals surface area contributed by atoms with Crippen LogP contribution in [0.5, 0.6) is 5.75 Å². The van der Waals surface area contributed by atoms with Crippen LogP contribution < -0.4 is 5.73 Å². The molecule has 1 unspecified atom stereocenters. The monoisotopic (exact) mass is 209 g/mol. The van der Waals surface area contributed by atoms with Crippen LogP contribution in [0, 0.1) is 0 Å². The van der Waals surface area contributed by atoms with E-state index in [0.717, 1.165) is 12.0 Å². The van der Waals surface area contributed by atoms with Gasteiger partial charge in [-0.25, -0.2) is 0 Å². The van der Waals surface area contributed by atoms with Crippen LogP contribution in [0.25, 0.3) is 0 Å². The lowest BCUT2D eigenvalue weighted by atomic mass is 10.0. The van der Waals surface area contributed by atoms with Gasteiger partial charge in [-0.15, -0.1) is 0 Å². The van der Waals surface area contributed by atoms with Gasteiger partial charge in [-0.1, -0.05) is 13.0 Å². The Morgan fingerprint density at radius 3 is 2.67 bits per heavy atom. The van der Waals surface area contributed by atoms with Gasteiger partial charge in [0.25, 0.3) is 0 Å². The van der Waals surface area contributed by atoms with Crippen molar-refractivity contribution in [1.82, 2.24) is 0 Å². The van der Waals surface area contributed by atoms with Gasteiger partial charge >= 0.3 is 5.97 Å². The lowest BCUT2D eigenvalue weighted by Crippen LogP contribution is -2.15. The molecule has 0 radical (unpaired) electrons. The van der Waals surface area contributed by atoms with E-state index in [1.165, 1.54) is 6.07 Å². The number of rotatable bonds is 4. The van der Waals surface area contributed by atoms with Crippen molar-refractivity contribution >= 4 is 5.97 Å². The molecule has 0 heterocycles. The Balaban J connectivity index is 2.92. The molecule has 4 N–H and O–H groups in total. The van der Waals surface area contributed by atoms with Gasteiger partial charge in [0, 0.05) is 6.04 Å². The van der Waals surface area contributed by atoms with E-state index in [-0.39, 0.29) is 12.2 Å². The van der Waals surface area contributed by atoms with Gasteiger partial charge in [0.05, 0.1) is 6.42 Å². The number of phenols is 1. The molecule has 4 heteroatoms. The number of nitrogens with two attached hydrogens (primary N) is 1. The summed E-state index contributed by atoms with van der Waals surface area (Å²) in [6.45, 7) is 1.96. The number of aryl methyl sites for hydroxylation is 1. The van der Waals surface area contributed by atoms with Crippen LogP contribution in [0.2, 0.25) is 0 Å². The Labute approximate surface area is 88.3 Å². The Hall–Kier alpha value is -1.55. The van der Waals surface area contributed by atoms with Crippen molar-refractivity contribution in [3.63, 3.8) is 0 Å². The lowest BCUT2D eigenvalue weighted by Gasteiger charge is -2.11. The van der Waals surface area contributed by atoms with Crippen LogP contribution in [0.3, 0.4) is 0 Å².